The average Bonchev–Trinajstić information content (AvgIpc) is 2.31. The molecule has 0 aromatic heterocycles. The number of hydrogen-bond donors (Lipinski definition) is 2. The second-order valence-electron chi connectivity index (χ2n) is 4.41. The van der Waals surface area contributed by atoms with Crippen LogP contribution in [-0.2, 0) is 11.2 Å². The number of hydrogen-bond acceptors (Lipinski definition) is 2. The van der Waals surface area contributed by atoms with E-state index in [-0.39, 0.29) is 24.2 Å². The Labute approximate surface area is 116 Å². The molecule has 1 aromatic rings. The predicted molar refractivity (Wildman–Crippen MR) is 79.5 cm³/mol. The summed E-state index contributed by atoms with van der Waals surface area (Å²) in [5, 5.41) is 6.05. The maximum Gasteiger partial charge on any atom is 0.228 e. The van der Waals surface area contributed by atoms with Gasteiger partial charge < -0.3 is 10.6 Å². The molecule has 102 valence electrons. The summed E-state index contributed by atoms with van der Waals surface area (Å²) < 4.78 is 0. The predicted octanol–water partition coefficient (Wildman–Crippen LogP) is 2.77. The number of benzene rings is 1. The van der Waals surface area contributed by atoms with Crippen molar-refractivity contribution in [2.45, 2.75) is 27.2 Å². The molecule has 0 aliphatic rings. The van der Waals surface area contributed by atoms with Gasteiger partial charge in [-0.05, 0) is 31.5 Å². The summed E-state index contributed by atoms with van der Waals surface area (Å²) in [4.78, 5) is 12.0. The summed E-state index contributed by atoms with van der Waals surface area (Å²) in [6, 6.07) is 6.11. The lowest BCUT2D eigenvalue weighted by molar-refractivity contribution is -0.119. The second-order valence-corrected chi connectivity index (χ2v) is 4.41. The van der Waals surface area contributed by atoms with Crippen molar-refractivity contribution in [3.8, 4) is 0 Å². The largest absolute Gasteiger partial charge is 0.325 e. The van der Waals surface area contributed by atoms with Gasteiger partial charge in [-0.2, -0.15) is 0 Å². The lowest BCUT2D eigenvalue weighted by Gasteiger charge is -2.16. The monoisotopic (exact) mass is 270 g/mol. The van der Waals surface area contributed by atoms with Gasteiger partial charge in [-0.1, -0.05) is 32.0 Å². The minimum Gasteiger partial charge on any atom is -0.325 e. The van der Waals surface area contributed by atoms with E-state index in [0.717, 1.165) is 17.7 Å². The molecule has 4 heteroatoms. The molecule has 1 unspecified atom stereocenters. The van der Waals surface area contributed by atoms with Crippen LogP contribution in [-0.4, -0.2) is 19.5 Å². The highest BCUT2D eigenvalue weighted by Gasteiger charge is 2.14. The maximum absolute atomic E-state index is 12.0. The Balaban J connectivity index is 0.00000289. The van der Waals surface area contributed by atoms with Gasteiger partial charge in [0.1, 0.15) is 0 Å². The zero-order valence-corrected chi connectivity index (χ0v) is 12.4. The quantitative estimate of drug-likeness (QED) is 0.864. The number of nitrogens with one attached hydrogen (secondary N) is 2. The number of para-hydroxylation sites is 1. The van der Waals surface area contributed by atoms with E-state index in [4.69, 9.17) is 0 Å². The van der Waals surface area contributed by atoms with Crippen LogP contribution in [0, 0.1) is 12.8 Å². The maximum atomic E-state index is 12.0. The minimum atomic E-state index is -0.0238. The molecule has 0 aliphatic carbocycles. The Kier molecular flexibility index (Phi) is 7.64. The molecule has 1 rings (SSSR count). The van der Waals surface area contributed by atoms with Crippen molar-refractivity contribution in [3.63, 3.8) is 0 Å². The zero-order chi connectivity index (χ0) is 12.8. The molecule has 2 N–H and O–H groups in total. The summed E-state index contributed by atoms with van der Waals surface area (Å²) in [6.07, 6.45) is 0.928. The van der Waals surface area contributed by atoms with Crippen LogP contribution in [0.5, 0.6) is 0 Å². The second kappa shape index (κ2) is 8.11. The van der Waals surface area contributed by atoms with Gasteiger partial charge in [0.2, 0.25) is 5.91 Å². The fraction of sp³-hybridized carbons (Fsp3) is 0.500. The first-order valence-corrected chi connectivity index (χ1v) is 6.14. The molecule has 0 fully saturated rings. The summed E-state index contributed by atoms with van der Waals surface area (Å²) in [7, 11) is 1.86. The molecule has 0 heterocycles. The van der Waals surface area contributed by atoms with Crippen molar-refractivity contribution in [3.05, 3.63) is 29.3 Å². The first kappa shape index (κ1) is 16.9. The van der Waals surface area contributed by atoms with Crippen LogP contribution in [0.2, 0.25) is 0 Å². The topological polar surface area (TPSA) is 41.1 Å². The highest BCUT2D eigenvalue weighted by molar-refractivity contribution is 5.94. The molecule has 0 aliphatic heterocycles. The number of rotatable bonds is 5. The Morgan fingerprint density at radius 3 is 2.61 bits per heavy atom. The first-order chi connectivity index (χ1) is 8.10. The summed E-state index contributed by atoms with van der Waals surface area (Å²) in [5.74, 6) is 0.0488. The fourth-order valence-electron chi connectivity index (χ4n) is 1.85. The molecule has 3 nitrogen and oxygen atoms in total. The highest BCUT2D eigenvalue weighted by atomic mass is 35.5. The van der Waals surface area contributed by atoms with E-state index >= 15 is 0 Å². The van der Waals surface area contributed by atoms with Gasteiger partial charge in [0.25, 0.3) is 0 Å². The van der Waals surface area contributed by atoms with Gasteiger partial charge in [-0.3, -0.25) is 4.79 Å². The molecular formula is C14H23ClN2O. The van der Waals surface area contributed by atoms with Crippen LogP contribution in [0.3, 0.4) is 0 Å². The number of anilines is 1. The number of amides is 1. The molecular weight excluding hydrogens is 248 g/mol. The third kappa shape index (κ3) is 4.31. The van der Waals surface area contributed by atoms with E-state index in [2.05, 4.69) is 23.6 Å². The van der Waals surface area contributed by atoms with Crippen molar-refractivity contribution in [1.82, 2.24) is 5.32 Å². The van der Waals surface area contributed by atoms with E-state index in [1.807, 2.05) is 33.0 Å². The van der Waals surface area contributed by atoms with Gasteiger partial charge in [0.05, 0.1) is 0 Å². The van der Waals surface area contributed by atoms with Crippen molar-refractivity contribution >= 4 is 24.0 Å². The number of aryl methyl sites for hydroxylation is 2. The van der Waals surface area contributed by atoms with Gasteiger partial charge in [0, 0.05) is 18.2 Å². The van der Waals surface area contributed by atoms with Gasteiger partial charge in [-0.25, -0.2) is 0 Å². The first-order valence-electron chi connectivity index (χ1n) is 6.14. The zero-order valence-electron chi connectivity index (χ0n) is 11.5. The third-order valence-electron chi connectivity index (χ3n) is 2.95. The summed E-state index contributed by atoms with van der Waals surface area (Å²) in [6.45, 7) is 6.74. The Bertz CT molecular complexity index is 393. The summed E-state index contributed by atoms with van der Waals surface area (Å²) in [5.41, 5.74) is 3.28. The molecule has 0 radical (unpaired) electrons. The molecule has 1 atom stereocenters. The molecule has 0 bridgehead atoms. The lowest BCUT2D eigenvalue weighted by Crippen LogP contribution is -2.29. The average molecular weight is 271 g/mol. The molecule has 1 aromatic carbocycles. The van der Waals surface area contributed by atoms with Crippen molar-refractivity contribution < 1.29 is 4.79 Å². The Morgan fingerprint density at radius 1 is 1.39 bits per heavy atom. The van der Waals surface area contributed by atoms with Crippen LogP contribution in [0.15, 0.2) is 18.2 Å². The molecule has 1 amide bonds. The molecule has 0 saturated carbocycles. The SMILES string of the molecule is CCc1cccc(C)c1NC(=O)C(C)CNC.Cl. The standard InChI is InChI=1S/C14H22N2O.ClH/c1-5-12-8-6-7-10(2)13(12)16-14(17)11(3)9-15-4;/h6-8,11,15H,5,9H2,1-4H3,(H,16,17);1H. The van der Waals surface area contributed by atoms with Crippen LogP contribution in [0.25, 0.3) is 0 Å². The van der Waals surface area contributed by atoms with E-state index in [1.165, 1.54) is 5.56 Å². The number of halogens is 1. The van der Waals surface area contributed by atoms with E-state index in [1.54, 1.807) is 0 Å². The number of carbonyl (C=O) groups is 1. The van der Waals surface area contributed by atoms with E-state index in [9.17, 15) is 4.79 Å². The van der Waals surface area contributed by atoms with Gasteiger partial charge in [0.15, 0.2) is 0 Å². The third-order valence-corrected chi connectivity index (χ3v) is 2.95. The van der Waals surface area contributed by atoms with E-state index in [0.29, 0.717) is 6.54 Å². The van der Waals surface area contributed by atoms with Crippen molar-refractivity contribution in [2.75, 3.05) is 18.9 Å². The van der Waals surface area contributed by atoms with E-state index < -0.39 is 0 Å². The molecule has 18 heavy (non-hydrogen) atoms. The highest BCUT2D eigenvalue weighted by Crippen LogP contribution is 2.21. The molecule has 0 spiro atoms. The van der Waals surface area contributed by atoms with Crippen molar-refractivity contribution in [2.24, 2.45) is 5.92 Å². The molecule has 0 saturated heterocycles. The number of carbonyl (C=O) groups excluding carboxylic acids is 1. The van der Waals surface area contributed by atoms with Crippen LogP contribution < -0.4 is 10.6 Å². The van der Waals surface area contributed by atoms with Gasteiger partial charge >= 0.3 is 0 Å². The summed E-state index contributed by atoms with van der Waals surface area (Å²) >= 11 is 0. The minimum absolute atomic E-state index is 0. The van der Waals surface area contributed by atoms with Crippen molar-refractivity contribution in [1.29, 1.82) is 0 Å². The Morgan fingerprint density at radius 2 is 2.06 bits per heavy atom. The Hall–Kier alpha value is -1.06. The van der Waals surface area contributed by atoms with Crippen LogP contribution >= 0.6 is 12.4 Å². The van der Waals surface area contributed by atoms with Crippen LogP contribution in [0.1, 0.15) is 25.0 Å². The smallest absolute Gasteiger partial charge is 0.228 e. The normalized spacial score (nSPS) is 11.6. The lowest BCUT2D eigenvalue weighted by atomic mass is 10.0. The fourth-order valence-corrected chi connectivity index (χ4v) is 1.85. The van der Waals surface area contributed by atoms with Gasteiger partial charge in [-0.15, -0.1) is 12.4 Å². The van der Waals surface area contributed by atoms with Crippen LogP contribution in [0.4, 0.5) is 5.69 Å².